The number of nitrogens with zero attached hydrogens (tertiary/aromatic N) is 3. The lowest BCUT2D eigenvalue weighted by Gasteiger charge is -2.14. The van der Waals surface area contributed by atoms with Crippen LogP contribution in [0.1, 0.15) is 19.3 Å². The van der Waals surface area contributed by atoms with Crippen molar-refractivity contribution in [2.24, 2.45) is 5.73 Å². The maximum atomic E-state index is 5.91. The number of hydrogen-bond acceptors (Lipinski definition) is 5. The Morgan fingerprint density at radius 1 is 1.33 bits per heavy atom. The summed E-state index contributed by atoms with van der Waals surface area (Å²) in [4.78, 5) is 0. The van der Waals surface area contributed by atoms with Gasteiger partial charge in [0.25, 0.3) is 0 Å². The summed E-state index contributed by atoms with van der Waals surface area (Å²) < 4.78 is 0. The molecule has 1 aromatic heterocycles. The summed E-state index contributed by atoms with van der Waals surface area (Å²) in [6, 6.07) is 8.85. The summed E-state index contributed by atoms with van der Waals surface area (Å²) in [6.45, 7) is 0. The summed E-state index contributed by atoms with van der Waals surface area (Å²) in [5.74, 6) is 0.613. The smallest absolute Gasteiger partial charge is 0.204 e. The summed E-state index contributed by atoms with van der Waals surface area (Å²) in [6.07, 6.45) is 3.27. The standard InChI is InChI=1S/C12H16N6/c13-9-4-5-11(7-9)14-10-3-1-2-8(6-10)12-15-17-18-16-12/h1-3,6,9,11,14H,4-5,7,13H2,(H,15,16,17,18). The van der Waals surface area contributed by atoms with Gasteiger partial charge >= 0.3 is 0 Å². The zero-order chi connectivity index (χ0) is 12.4. The number of nitrogens with one attached hydrogen (secondary N) is 2. The van der Waals surface area contributed by atoms with Gasteiger partial charge in [0.15, 0.2) is 0 Å². The molecule has 1 fully saturated rings. The summed E-state index contributed by atoms with van der Waals surface area (Å²) in [5.41, 5.74) is 7.95. The zero-order valence-electron chi connectivity index (χ0n) is 10.0. The van der Waals surface area contributed by atoms with Crippen molar-refractivity contribution in [2.75, 3.05) is 5.32 Å². The van der Waals surface area contributed by atoms with E-state index in [4.69, 9.17) is 5.73 Å². The van der Waals surface area contributed by atoms with Gasteiger partial charge in [0.1, 0.15) is 0 Å². The highest BCUT2D eigenvalue weighted by Crippen LogP contribution is 2.24. The Labute approximate surface area is 105 Å². The number of rotatable bonds is 3. The van der Waals surface area contributed by atoms with Gasteiger partial charge in [-0.05, 0) is 36.6 Å². The number of aromatic amines is 1. The van der Waals surface area contributed by atoms with Crippen molar-refractivity contribution in [3.8, 4) is 11.4 Å². The molecule has 6 nitrogen and oxygen atoms in total. The van der Waals surface area contributed by atoms with Crippen molar-refractivity contribution in [1.82, 2.24) is 20.6 Å². The minimum atomic E-state index is 0.336. The summed E-state index contributed by atoms with van der Waals surface area (Å²) in [5, 5.41) is 17.5. The van der Waals surface area contributed by atoms with E-state index in [0.717, 1.165) is 30.5 Å². The molecule has 3 rings (SSSR count). The van der Waals surface area contributed by atoms with Crippen molar-refractivity contribution < 1.29 is 0 Å². The van der Waals surface area contributed by atoms with E-state index in [1.807, 2.05) is 24.3 Å². The first kappa shape index (κ1) is 11.2. The summed E-state index contributed by atoms with van der Waals surface area (Å²) in [7, 11) is 0. The quantitative estimate of drug-likeness (QED) is 0.753. The Morgan fingerprint density at radius 2 is 2.28 bits per heavy atom. The topological polar surface area (TPSA) is 92.5 Å². The van der Waals surface area contributed by atoms with Gasteiger partial charge in [-0.2, -0.15) is 5.21 Å². The van der Waals surface area contributed by atoms with Crippen molar-refractivity contribution >= 4 is 5.69 Å². The van der Waals surface area contributed by atoms with Crippen molar-refractivity contribution in [3.63, 3.8) is 0 Å². The van der Waals surface area contributed by atoms with Gasteiger partial charge in [0, 0.05) is 23.3 Å². The van der Waals surface area contributed by atoms with Crippen LogP contribution in [0.3, 0.4) is 0 Å². The first-order chi connectivity index (χ1) is 8.81. The molecule has 1 saturated carbocycles. The largest absolute Gasteiger partial charge is 0.382 e. The Kier molecular flexibility index (Phi) is 2.93. The lowest BCUT2D eigenvalue weighted by Crippen LogP contribution is -2.20. The van der Waals surface area contributed by atoms with E-state index in [2.05, 4.69) is 25.9 Å². The molecule has 2 aromatic rings. The van der Waals surface area contributed by atoms with Crippen LogP contribution in [-0.2, 0) is 0 Å². The van der Waals surface area contributed by atoms with Crippen molar-refractivity contribution in [1.29, 1.82) is 0 Å². The van der Waals surface area contributed by atoms with E-state index in [1.54, 1.807) is 0 Å². The third kappa shape index (κ3) is 2.33. The molecule has 1 heterocycles. The predicted octanol–water partition coefficient (Wildman–Crippen LogP) is 1.16. The molecule has 0 bridgehead atoms. The van der Waals surface area contributed by atoms with Crippen LogP contribution >= 0.6 is 0 Å². The highest BCUT2D eigenvalue weighted by molar-refractivity contribution is 5.61. The molecule has 4 N–H and O–H groups in total. The van der Waals surface area contributed by atoms with Crippen LogP contribution in [0.5, 0.6) is 0 Å². The Bertz CT molecular complexity index is 509. The van der Waals surface area contributed by atoms with Gasteiger partial charge in [-0.3, -0.25) is 0 Å². The van der Waals surface area contributed by atoms with Gasteiger partial charge in [-0.15, -0.1) is 10.2 Å². The molecular weight excluding hydrogens is 228 g/mol. The van der Waals surface area contributed by atoms with E-state index in [9.17, 15) is 0 Å². The van der Waals surface area contributed by atoms with E-state index in [0.29, 0.717) is 17.9 Å². The number of aromatic nitrogens is 4. The van der Waals surface area contributed by atoms with Crippen LogP contribution in [-0.4, -0.2) is 32.7 Å². The monoisotopic (exact) mass is 244 g/mol. The number of benzene rings is 1. The molecule has 0 saturated heterocycles. The molecule has 0 spiro atoms. The molecule has 94 valence electrons. The lowest BCUT2D eigenvalue weighted by molar-refractivity contribution is 0.688. The molecule has 2 atom stereocenters. The zero-order valence-corrected chi connectivity index (χ0v) is 10.0. The summed E-state index contributed by atoms with van der Waals surface area (Å²) >= 11 is 0. The van der Waals surface area contributed by atoms with Gasteiger partial charge in [-0.1, -0.05) is 12.1 Å². The fourth-order valence-electron chi connectivity index (χ4n) is 2.42. The molecule has 1 aromatic carbocycles. The maximum Gasteiger partial charge on any atom is 0.204 e. The van der Waals surface area contributed by atoms with Gasteiger partial charge < -0.3 is 11.1 Å². The van der Waals surface area contributed by atoms with Crippen LogP contribution in [0.25, 0.3) is 11.4 Å². The Morgan fingerprint density at radius 3 is 3.00 bits per heavy atom. The average molecular weight is 244 g/mol. The molecule has 6 heteroatoms. The molecule has 2 unspecified atom stereocenters. The van der Waals surface area contributed by atoms with E-state index < -0.39 is 0 Å². The van der Waals surface area contributed by atoms with Gasteiger partial charge in [-0.25, -0.2) is 0 Å². The van der Waals surface area contributed by atoms with Gasteiger partial charge in [0.05, 0.1) is 0 Å². The SMILES string of the molecule is NC1CCC(Nc2cccc(-c3nn[nH]n3)c2)C1. The number of nitrogens with two attached hydrogens (primary N) is 1. The fraction of sp³-hybridized carbons (Fsp3) is 0.417. The molecular formula is C12H16N6. The number of hydrogen-bond donors (Lipinski definition) is 3. The third-order valence-corrected chi connectivity index (χ3v) is 3.31. The molecule has 0 aliphatic heterocycles. The fourth-order valence-corrected chi connectivity index (χ4v) is 2.42. The average Bonchev–Trinajstić information content (AvgIpc) is 3.01. The number of H-pyrrole nitrogens is 1. The van der Waals surface area contributed by atoms with E-state index in [1.165, 1.54) is 0 Å². The highest BCUT2D eigenvalue weighted by atomic mass is 15.5. The van der Waals surface area contributed by atoms with Crippen LogP contribution in [0.2, 0.25) is 0 Å². The van der Waals surface area contributed by atoms with Crippen molar-refractivity contribution in [2.45, 2.75) is 31.3 Å². The van der Waals surface area contributed by atoms with E-state index in [-0.39, 0.29) is 0 Å². The second-order valence-corrected chi connectivity index (χ2v) is 4.73. The minimum absolute atomic E-state index is 0.336. The number of tetrazole rings is 1. The minimum Gasteiger partial charge on any atom is -0.382 e. The van der Waals surface area contributed by atoms with E-state index >= 15 is 0 Å². The van der Waals surface area contributed by atoms with Gasteiger partial charge in [0.2, 0.25) is 5.82 Å². The second-order valence-electron chi connectivity index (χ2n) is 4.73. The van der Waals surface area contributed by atoms with Crippen LogP contribution in [0, 0.1) is 0 Å². The highest BCUT2D eigenvalue weighted by Gasteiger charge is 2.21. The molecule has 0 amide bonds. The Hall–Kier alpha value is -1.95. The number of anilines is 1. The first-order valence-electron chi connectivity index (χ1n) is 6.17. The maximum absolute atomic E-state index is 5.91. The first-order valence-corrected chi connectivity index (χ1v) is 6.17. The lowest BCUT2D eigenvalue weighted by atomic mass is 10.1. The Balaban J connectivity index is 1.75. The van der Waals surface area contributed by atoms with Crippen molar-refractivity contribution in [3.05, 3.63) is 24.3 Å². The predicted molar refractivity (Wildman–Crippen MR) is 68.9 cm³/mol. The molecule has 1 aliphatic rings. The van der Waals surface area contributed by atoms with Crippen LogP contribution in [0.15, 0.2) is 24.3 Å². The van der Waals surface area contributed by atoms with Crippen LogP contribution in [0.4, 0.5) is 5.69 Å². The second kappa shape index (κ2) is 4.73. The third-order valence-electron chi connectivity index (χ3n) is 3.31. The molecule has 18 heavy (non-hydrogen) atoms. The normalized spacial score (nSPS) is 23.2. The molecule has 0 radical (unpaired) electrons. The molecule has 1 aliphatic carbocycles. The van der Waals surface area contributed by atoms with Crippen LogP contribution < -0.4 is 11.1 Å².